The standard InChI is InChI=1S/C16H14F2N4/c1-22-6-2-3-12-15(22)5-4-13(19-12)16-9-7-10(17)11(18)8-14(9)20-21-16/h4-5,7-8H,2-3,6H2,1H3,(H,20,21). The van der Waals surface area contributed by atoms with Crippen molar-refractivity contribution in [3.8, 4) is 11.4 Å². The van der Waals surface area contributed by atoms with E-state index in [2.05, 4.69) is 20.1 Å². The third kappa shape index (κ3) is 1.94. The molecule has 22 heavy (non-hydrogen) atoms. The molecular formula is C16H14F2N4. The first kappa shape index (κ1) is 13.2. The summed E-state index contributed by atoms with van der Waals surface area (Å²) >= 11 is 0. The van der Waals surface area contributed by atoms with Gasteiger partial charge in [-0.25, -0.2) is 13.8 Å². The van der Waals surface area contributed by atoms with Gasteiger partial charge in [0.1, 0.15) is 5.69 Å². The van der Waals surface area contributed by atoms with Crippen LogP contribution in [0.1, 0.15) is 12.1 Å². The summed E-state index contributed by atoms with van der Waals surface area (Å²) < 4.78 is 26.8. The molecule has 1 aromatic carbocycles. The lowest BCUT2D eigenvalue weighted by Crippen LogP contribution is -2.25. The van der Waals surface area contributed by atoms with Crippen LogP contribution in [0.4, 0.5) is 14.5 Å². The molecule has 4 rings (SSSR count). The average Bonchev–Trinajstić information content (AvgIpc) is 2.90. The highest BCUT2D eigenvalue weighted by Gasteiger charge is 2.18. The van der Waals surface area contributed by atoms with Crippen LogP contribution in [0.5, 0.6) is 0 Å². The predicted molar refractivity (Wildman–Crippen MR) is 80.8 cm³/mol. The Morgan fingerprint density at radius 1 is 1.18 bits per heavy atom. The van der Waals surface area contributed by atoms with Gasteiger partial charge in [-0.2, -0.15) is 5.10 Å². The van der Waals surface area contributed by atoms with Crippen molar-refractivity contribution in [3.63, 3.8) is 0 Å². The molecule has 0 aliphatic carbocycles. The van der Waals surface area contributed by atoms with Gasteiger partial charge in [0.25, 0.3) is 0 Å². The fourth-order valence-electron chi connectivity index (χ4n) is 2.97. The van der Waals surface area contributed by atoms with E-state index < -0.39 is 11.6 Å². The summed E-state index contributed by atoms with van der Waals surface area (Å²) in [6.45, 7) is 1.02. The molecule has 6 heteroatoms. The average molecular weight is 300 g/mol. The van der Waals surface area contributed by atoms with Crippen molar-refractivity contribution in [3.05, 3.63) is 41.6 Å². The van der Waals surface area contributed by atoms with Crippen molar-refractivity contribution in [2.75, 3.05) is 18.5 Å². The number of aromatic nitrogens is 3. The van der Waals surface area contributed by atoms with Crippen LogP contribution < -0.4 is 4.90 Å². The summed E-state index contributed by atoms with van der Waals surface area (Å²) in [7, 11) is 2.04. The Hall–Kier alpha value is -2.50. The highest BCUT2D eigenvalue weighted by atomic mass is 19.2. The molecular weight excluding hydrogens is 286 g/mol. The quantitative estimate of drug-likeness (QED) is 0.750. The Balaban J connectivity index is 1.87. The lowest BCUT2D eigenvalue weighted by molar-refractivity contribution is 0.511. The van der Waals surface area contributed by atoms with E-state index in [4.69, 9.17) is 0 Å². The van der Waals surface area contributed by atoms with Crippen LogP contribution in [0.25, 0.3) is 22.3 Å². The molecule has 3 aromatic rings. The van der Waals surface area contributed by atoms with E-state index in [9.17, 15) is 8.78 Å². The molecule has 112 valence electrons. The summed E-state index contributed by atoms with van der Waals surface area (Å²) in [5.74, 6) is -1.77. The van der Waals surface area contributed by atoms with Gasteiger partial charge in [0, 0.05) is 25.0 Å². The first-order chi connectivity index (χ1) is 10.6. The summed E-state index contributed by atoms with van der Waals surface area (Å²) in [5.41, 5.74) is 3.82. The van der Waals surface area contributed by atoms with E-state index in [1.807, 2.05) is 19.2 Å². The van der Waals surface area contributed by atoms with Gasteiger partial charge in [-0.05, 0) is 31.0 Å². The molecule has 0 bridgehead atoms. The van der Waals surface area contributed by atoms with Crippen LogP contribution in [-0.2, 0) is 6.42 Å². The number of anilines is 1. The number of pyridine rings is 1. The molecule has 0 amide bonds. The van der Waals surface area contributed by atoms with E-state index in [0.29, 0.717) is 22.3 Å². The van der Waals surface area contributed by atoms with Crippen LogP contribution in [-0.4, -0.2) is 28.8 Å². The van der Waals surface area contributed by atoms with Crippen LogP contribution in [0.3, 0.4) is 0 Å². The third-order valence-electron chi connectivity index (χ3n) is 4.11. The molecule has 0 spiro atoms. The summed E-state index contributed by atoms with van der Waals surface area (Å²) in [6, 6.07) is 6.17. The Morgan fingerprint density at radius 3 is 2.86 bits per heavy atom. The highest BCUT2D eigenvalue weighted by Crippen LogP contribution is 2.31. The van der Waals surface area contributed by atoms with Crippen molar-refractivity contribution in [1.82, 2.24) is 15.2 Å². The lowest BCUT2D eigenvalue weighted by atomic mass is 10.1. The molecule has 0 saturated heterocycles. The number of nitrogens with one attached hydrogen (secondary N) is 1. The topological polar surface area (TPSA) is 44.8 Å². The number of nitrogens with zero attached hydrogens (tertiary/aromatic N) is 3. The van der Waals surface area contributed by atoms with Crippen molar-refractivity contribution in [2.24, 2.45) is 0 Å². The number of benzene rings is 1. The first-order valence-electron chi connectivity index (χ1n) is 7.18. The fourth-order valence-corrected chi connectivity index (χ4v) is 2.97. The molecule has 3 heterocycles. The molecule has 0 saturated carbocycles. The molecule has 4 nitrogen and oxygen atoms in total. The SMILES string of the molecule is CN1CCCc2nc(-c3n[nH]c4cc(F)c(F)cc34)ccc21. The zero-order valence-electron chi connectivity index (χ0n) is 12.0. The summed E-state index contributed by atoms with van der Waals surface area (Å²) in [6.07, 6.45) is 1.97. The minimum absolute atomic E-state index is 0.463. The molecule has 0 atom stereocenters. The van der Waals surface area contributed by atoms with Crippen LogP contribution in [0, 0.1) is 11.6 Å². The van der Waals surface area contributed by atoms with Crippen molar-refractivity contribution in [2.45, 2.75) is 12.8 Å². The molecule has 2 aromatic heterocycles. The minimum atomic E-state index is -0.886. The van der Waals surface area contributed by atoms with E-state index in [1.54, 1.807) is 0 Å². The van der Waals surface area contributed by atoms with Gasteiger partial charge in [-0.15, -0.1) is 0 Å². The number of halogens is 2. The largest absolute Gasteiger partial charge is 0.373 e. The summed E-state index contributed by atoms with van der Waals surface area (Å²) in [5, 5.41) is 7.46. The minimum Gasteiger partial charge on any atom is -0.373 e. The maximum Gasteiger partial charge on any atom is 0.160 e. The Morgan fingerprint density at radius 2 is 2.00 bits per heavy atom. The number of aryl methyl sites for hydroxylation is 1. The number of hydrogen-bond donors (Lipinski definition) is 1. The van der Waals surface area contributed by atoms with Gasteiger partial charge < -0.3 is 4.90 Å². The molecule has 1 aliphatic rings. The van der Waals surface area contributed by atoms with Gasteiger partial charge in [-0.1, -0.05) is 0 Å². The highest BCUT2D eigenvalue weighted by molar-refractivity contribution is 5.92. The zero-order valence-corrected chi connectivity index (χ0v) is 12.0. The number of rotatable bonds is 1. The second kappa shape index (κ2) is 4.76. The molecule has 0 unspecified atom stereocenters. The maximum atomic E-state index is 13.5. The molecule has 0 fully saturated rings. The fraction of sp³-hybridized carbons (Fsp3) is 0.250. The van der Waals surface area contributed by atoms with Crippen LogP contribution in [0.2, 0.25) is 0 Å². The Bertz CT molecular complexity index is 872. The molecule has 1 aliphatic heterocycles. The number of H-pyrrole nitrogens is 1. The van der Waals surface area contributed by atoms with E-state index in [1.165, 1.54) is 0 Å². The first-order valence-corrected chi connectivity index (χ1v) is 7.18. The smallest absolute Gasteiger partial charge is 0.160 e. The zero-order chi connectivity index (χ0) is 15.3. The maximum absolute atomic E-state index is 13.5. The second-order valence-electron chi connectivity index (χ2n) is 5.57. The van der Waals surface area contributed by atoms with Gasteiger partial charge in [0.15, 0.2) is 11.6 Å². The molecule has 1 N–H and O–H groups in total. The van der Waals surface area contributed by atoms with E-state index >= 15 is 0 Å². The Kier molecular flexibility index (Phi) is 2.85. The number of aromatic amines is 1. The van der Waals surface area contributed by atoms with Crippen molar-refractivity contribution < 1.29 is 8.78 Å². The lowest BCUT2D eigenvalue weighted by Gasteiger charge is -2.26. The van der Waals surface area contributed by atoms with Gasteiger partial charge in [-0.3, -0.25) is 5.10 Å². The van der Waals surface area contributed by atoms with E-state index in [0.717, 1.165) is 42.9 Å². The van der Waals surface area contributed by atoms with Gasteiger partial charge in [0.05, 0.1) is 22.6 Å². The third-order valence-corrected chi connectivity index (χ3v) is 4.11. The number of fused-ring (bicyclic) bond motifs is 2. The van der Waals surface area contributed by atoms with E-state index in [-0.39, 0.29) is 0 Å². The van der Waals surface area contributed by atoms with Crippen molar-refractivity contribution in [1.29, 1.82) is 0 Å². The number of hydrogen-bond acceptors (Lipinski definition) is 3. The normalized spacial score (nSPS) is 14.4. The van der Waals surface area contributed by atoms with Crippen LogP contribution in [0.15, 0.2) is 24.3 Å². The van der Waals surface area contributed by atoms with Gasteiger partial charge in [0.2, 0.25) is 0 Å². The second-order valence-corrected chi connectivity index (χ2v) is 5.57. The van der Waals surface area contributed by atoms with Crippen molar-refractivity contribution >= 4 is 16.6 Å². The monoisotopic (exact) mass is 300 g/mol. The van der Waals surface area contributed by atoms with Gasteiger partial charge >= 0.3 is 0 Å². The summed E-state index contributed by atoms with van der Waals surface area (Å²) in [4.78, 5) is 6.84. The van der Waals surface area contributed by atoms with Crippen LogP contribution >= 0.6 is 0 Å². The predicted octanol–water partition coefficient (Wildman–Crippen LogP) is 3.29. The molecule has 0 radical (unpaired) electrons. The Labute approximate surface area is 125 Å².